The van der Waals surface area contributed by atoms with E-state index in [0.717, 1.165) is 31.2 Å². The minimum atomic E-state index is -1.02. The van der Waals surface area contributed by atoms with Gasteiger partial charge in [-0.15, -0.1) is 0 Å². The summed E-state index contributed by atoms with van der Waals surface area (Å²) in [6.07, 6.45) is 4.36. The first-order valence-corrected chi connectivity index (χ1v) is 7.34. The molecule has 1 fully saturated rings. The maximum Gasteiger partial charge on any atom is 0.326 e. The van der Waals surface area contributed by atoms with Crippen molar-refractivity contribution in [2.75, 3.05) is 0 Å². The van der Waals surface area contributed by atoms with E-state index in [9.17, 15) is 14.7 Å². The van der Waals surface area contributed by atoms with Crippen LogP contribution < -0.4 is 10.6 Å². The topological polar surface area (TPSA) is 78.4 Å². The highest BCUT2D eigenvalue weighted by Gasteiger charge is 2.31. The van der Waals surface area contributed by atoms with Gasteiger partial charge in [-0.1, -0.05) is 43.2 Å². The first kappa shape index (κ1) is 15.4. The van der Waals surface area contributed by atoms with Crippen LogP contribution in [-0.4, -0.2) is 28.7 Å². The summed E-state index contributed by atoms with van der Waals surface area (Å²) in [6, 6.07) is 7.98. The van der Waals surface area contributed by atoms with Crippen LogP contribution in [0.1, 0.15) is 38.2 Å². The van der Waals surface area contributed by atoms with Crippen molar-refractivity contribution in [2.24, 2.45) is 0 Å². The summed E-state index contributed by atoms with van der Waals surface area (Å²) in [5.74, 6) is -1.02. The molecule has 1 aliphatic carbocycles. The van der Waals surface area contributed by atoms with Crippen molar-refractivity contribution in [1.82, 2.24) is 10.6 Å². The molecule has 1 aromatic carbocycles. The van der Waals surface area contributed by atoms with E-state index >= 15 is 0 Å². The Morgan fingerprint density at radius 1 is 1.24 bits per heavy atom. The predicted octanol–water partition coefficient (Wildman–Crippen LogP) is 2.31. The summed E-state index contributed by atoms with van der Waals surface area (Å²) in [5.41, 5.74) is 0.678. The first-order valence-electron chi connectivity index (χ1n) is 7.34. The van der Waals surface area contributed by atoms with Crippen LogP contribution in [0, 0.1) is 0 Å². The number of benzene rings is 1. The second kappa shape index (κ2) is 6.61. The standard InChI is InChI=1S/C16H22N2O3/c1-16(9-5-6-10-16)18-15(21)17-13(14(19)20)11-12-7-3-2-4-8-12/h2-4,7-8,13H,5-6,9-11H2,1H3,(H,19,20)(H2,17,18,21)/t13-/m0/s1. The van der Waals surface area contributed by atoms with Gasteiger partial charge in [-0.3, -0.25) is 0 Å². The molecule has 1 saturated carbocycles. The van der Waals surface area contributed by atoms with Gasteiger partial charge in [0.1, 0.15) is 6.04 Å². The van der Waals surface area contributed by atoms with Crippen molar-refractivity contribution in [2.45, 2.75) is 50.6 Å². The van der Waals surface area contributed by atoms with Crippen LogP contribution in [-0.2, 0) is 11.2 Å². The zero-order valence-corrected chi connectivity index (χ0v) is 12.3. The number of urea groups is 1. The van der Waals surface area contributed by atoms with E-state index in [2.05, 4.69) is 10.6 Å². The molecule has 2 rings (SSSR count). The number of carboxylic acid groups (broad SMARTS) is 1. The molecule has 5 nitrogen and oxygen atoms in total. The Morgan fingerprint density at radius 2 is 1.86 bits per heavy atom. The third kappa shape index (κ3) is 4.48. The van der Waals surface area contributed by atoms with Gasteiger partial charge in [-0.2, -0.15) is 0 Å². The van der Waals surface area contributed by atoms with E-state index in [1.807, 2.05) is 37.3 Å². The van der Waals surface area contributed by atoms with Crippen LogP contribution >= 0.6 is 0 Å². The molecular formula is C16H22N2O3. The largest absolute Gasteiger partial charge is 0.480 e. The third-order valence-electron chi connectivity index (χ3n) is 4.01. The fourth-order valence-corrected chi connectivity index (χ4v) is 2.80. The van der Waals surface area contributed by atoms with Crippen LogP contribution in [0.2, 0.25) is 0 Å². The summed E-state index contributed by atoms with van der Waals surface area (Å²) >= 11 is 0. The van der Waals surface area contributed by atoms with Gasteiger partial charge in [0.05, 0.1) is 0 Å². The molecule has 0 radical (unpaired) electrons. The number of rotatable bonds is 5. The average molecular weight is 290 g/mol. The predicted molar refractivity (Wildman–Crippen MR) is 80.1 cm³/mol. The molecule has 3 N–H and O–H groups in total. The molecule has 0 spiro atoms. The van der Waals surface area contributed by atoms with Gasteiger partial charge in [0, 0.05) is 12.0 Å². The molecule has 2 amide bonds. The summed E-state index contributed by atoms with van der Waals surface area (Å²) in [6.45, 7) is 2.01. The molecule has 0 aromatic heterocycles. The zero-order valence-electron chi connectivity index (χ0n) is 12.3. The van der Waals surface area contributed by atoms with Crippen LogP contribution in [0.5, 0.6) is 0 Å². The smallest absolute Gasteiger partial charge is 0.326 e. The minimum Gasteiger partial charge on any atom is -0.480 e. The van der Waals surface area contributed by atoms with Crippen LogP contribution in [0.4, 0.5) is 4.79 Å². The van der Waals surface area contributed by atoms with E-state index in [0.29, 0.717) is 0 Å². The lowest BCUT2D eigenvalue weighted by molar-refractivity contribution is -0.139. The number of hydrogen-bond acceptors (Lipinski definition) is 2. The van der Waals surface area contributed by atoms with E-state index in [-0.39, 0.29) is 12.0 Å². The molecule has 1 atom stereocenters. The summed E-state index contributed by atoms with van der Waals surface area (Å²) in [4.78, 5) is 23.3. The second-order valence-corrected chi connectivity index (χ2v) is 5.95. The van der Waals surface area contributed by atoms with Crippen molar-refractivity contribution in [3.8, 4) is 0 Å². The summed E-state index contributed by atoms with van der Waals surface area (Å²) in [7, 11) is 0. The SMILES string of the molecule is CC1(NC(=O)N[C@@H](Cc2ccccc2)C(=O)O)CCCC1. The maximum atomic E-state index is 12.0. The van der Waals surface area contributed by atoms with Gasteiger partial charge in [-0.05, 0) is 25.3 Å². The van der Waals surface area contributed by atoms with Crippen molar-refractivity contribution < 1.29 is 14.7 Å². The van der Waals surface area contributed by atoms with Gasteiger partial charge in [0.25, 0.3) is 0 Å². The highest BCUT2D eigenvalue weighted by molar-refractivity contribution is 5.83. The van der Waals surface area contributed by atoms with Gasteiger partial charge in [0.15, 0.2) is 0 Å². The van der Waals surface area contributed by atoms with Crippen LogP contribution in [0.15, 0.2) is 30.3 Å². The van der Waals surface area contributed by atoms with Gasteiger partial charge < -0.3 is 15.7 Å². The molecule has 0 saturated heterocycles. The monoisotopic (exact) mass is 290 g/mol. The Bertz CT molecular complexity index is 496. The highest BCUT2D eigenvalue weighted by atomic mass is 16.4. The second-order valence-electron chi connectivity index (χ2n) is 5.95. The molecule has 1 aromatic rings. The lowest BCUT2D eigenvalue weighted by Gasteiger charge is -2.26. The summed E-state index contributed by atoms with van der Waals surface area (Å²) < 4.78 is 0. The van der Waals surface area contributed by atoms with Crippen molar-refractivity contribution in [3.63, 3.8) is 0 Å². The average Bonchev–Trinajstić information content (AvgIpc) is 2.85. The molecule has 0 bridgehead atoms. The van der Waals surface area contributed by atoms with Crippen molar-refractivity contribution >= 4 is 12.0 Å². The fourth-order valence-electron chi connectivity index (χ4n) is 2.80. The minimum absolute atomic E-state index is 0.208. The lowest BCUT2D eigenvalue weighted by Crippen LogP contribution is -2.53. The Hall–Kier alpha value is -2.04. The fraction of sp³-hybridized carbons (Fsp3) is 0.500. The normalized spacial score (nSPS) is 18.0. The molecule has 21 heavy (non-hydrogen) atoms. The molecule has 114 valence electrons. The number of carbonyl (C=O) groups is 2. The molecular weight excluding hydrogens is 268 g/mol. The molecule has 0 aliphatic heterocycles. The first-order chi connectivity index (χ1) is 9.98. The number of aliphatic carboxylic acids is 1. The van der Waals surface area contributed by atoms with E-state index in [1.165, 1.54) is 0 Å². The Labute approximate surface area is 124 Å². The van der Waals surface area contributed by atoms with Crippen molar-refractivity contribution in [3.05, 3.63) is 35.9 Å². The highest BCUT2D eigenvalue weighted by Crippen LogP contribution is 2.28. The van der Waals surface area contributed by atoms with E-state index in [4.69, 9.17) is 0 Å². The molecule has 5 heteroatoms. The van der Waals surface area contributed by atoms with E-state index in [1.54, 1.807) is 0 Å². The van der Waals surface area contributed by atoms with Crippen LogP contribution in [0.3, 0.4) is 0 Å². The summed E-state index contributed by atoms with van der Waals surface area (Å²) in [5, 5.41) is 14.7. The Morgan fingerprint density at radius 3 is 2.43 bits per heavy atom. The van der Waals surface area contributed by atoms with Crippen LogP contribution in [0.25, 0.3) is 0 Å². The zero-order chi connectivity index (χ0) is 15.3. The molecule has 0 unspecified atom stereocenters. The van der Waals surface area contributed by atoms with Gasteiger partial charge >= 0.3 is 12.0 Å². The lowest BCUT2D eigenvalue weighted by atomic mass is 10.0. The number of carboxylic acids is 1. The Balaban J connectivity index is 1.93. The van der Waals surface area contributed by atoms with Crippen molar-refractivity contribution in [1.29, 1.82) is 0 Å². The third-order valence-corrected chi connectivity index (χ3v) is 4.01. The number of carbonyl (C=O) groups excluding carboxylic acids is 1. The van der Waals surface area contributed by atoms with E-state index < -0.39 is 18.0 Å². The molecule has 1 aliphatic rings. The maximum absolute atomic E-state index is 12.0. The van der Waals surface area contributed by atoms with Gasteiger partial charge in [-0.25, -0.2) is 9.59 Å². The molecule has 0 heterocycles. The Kier molecular flexibility index (Phi) is 4.83. The quantitative estimate of drug-likeness (QED) is 0.778. The number of amides is 2. The van der Waals surface area contributed by atoms with Gasteiger partial charge in [0.2, 0.25) is 0 Å². The number of nitrogens with one attached hydrogen (secondary N) is 2. The number of hydrogen-bond donors (Lipinski definition) is 3.